The van der Waals surface area contributed by atoms with Crippen LogP contribution in [0.4, 0.5) is 9.18 Å². The van der Waals surface area contributed by atoms with Crippen molar-refractivity contribution in [1.29, 1.82) is 0 Å². The van der Waals surface area contributed by atoms with E-state index in [1.165, 1.54) is 12.1 Å². The van der Waals surface area contributed by atoms with E-state index in [0.29, 0.717) is 37.6 Å². The number of unbranched alkanes of at least 4 members (excludes halogenated alkanes) is 1. The third kappa shape index (κ3) is 7.20. The highest BCUT2D eigenvalue weighted by Gasteiger charge is 2.25. The summed E-state index contributed by atoms with van der Waals surface area (Å²) in [4.78, 5) is 26.8. The molecule has 3 amide bonds. The lowest BCUT2D eigenvalue weighted by atomic mass is 9.96. The van der Waals surface area contributed by atoms with E-state index >= 15 is 0 Å². The molecular weight excluding hydrogens is 489 g/mol. The van der Waals surface area contributed by atoms with Gasteiger partial charge < -0.3 is 20.6 Å². The Labute approximate surface area is 223 Å². The first-order chi connectivity index (χ1) is 18.3. The SMILES string of the molecule is CCC/C=C(/C=C\C=C(/C)NC(=O)c1cc2c(cc1F)CCN(C(=O)NCC)C2)C1=NNNN1C(C)CO. The number of hydrazine groups is 2. The van der Waals surface area contributed by atoms with Crippen LogP contribution in [0, 0.1) is 5.82 Å². The summed E-state index contributed by atoms with van der Waals surface area (Å²) in [6, 6.07) is 2.57. The van der Waals surface area contributed by atoms with Crippen molar-refractivity contribution in [1.82, 2.24) is 31.6 Å². The summed E-state index contributed by atoms with van der Waals surface area (Å²) < 4.78 is 14.8. The summed E-state index contributed by atoms with van der Waals surface area (Å²) in [6.45, 7) is 8.83. The summed E-state index contributed by atoms with van der Waals surface area (Å²) >= 11 is 0. The fraction of sp³-hybridized carbons (Fsp3) is 0.444. The number of hydrogen-bond acceptors (Lipinski definition) is 7. The zero-order valence-electron chi connectivity index (χ0n) is 22.5. The Morgan fingerprint density at radius 1 is 1.29 bits per heavy atom. The number of nitrogens with one attached hydrogen (secondary N) is 4. The van der Waals surface area contributed by atoms with E-state index in [9.17, 15) is 19.1 Å². The lowest BCUT2D eigenvalue weighted by Gasteiger charge is -2.29. The van der Waals surface area contributed by atoms with E-state index in [1.807, 2.05) is 19.9 Å². The molecule has 2 aliphatic rings. The number of hydrogen-bond donors (Lipinski definition) is 5. The second-order valence-electron chi connectivity index (χ2n) is 9.28. The summed E-state index contributed by atoms with van der Waals surface area (Å²) in [5.74, 6) is -0.497. The van der Waals surface area contributed by atoms with Crippen LogP contribution < -0.4 is 21.7 Å². The average molecular weight is 528 g/mol. The van der Waals surface area contributed by atoms with Gasteiger partial charge in [0.2, 0.25) is 0 Å². The highest BCUT2D eigenvalue weighted by Crippen LogP contribution is 2.23. The van der Waals surface area contributed by atoms with Gasteiger partial charge in [0.25, 0.3) is 5.91 Å². The van der Waals surface area contributed by atoms with Gasteiger partial charge in [0.15, 0.2) is 5.84 Å². The summed E-state index contributed by atoms with van der Waals surface area (Å²) in [7, 11) is 0. The van der Waals surface area contributed by atoms with Crippen LogP contribution >= 0.6 is 0 Å². The number of amidine groups is 1. The molecule has 2 heterocycles. The van der Waals surface area contributed by atoms with Crippen molar-refractivity contribution >= 4 is 17.8 Å². The Balaban J connectivity index is 1.71. The van der Waals surface area contributed by atoms with Crippen molar-refractivity contribution in [2.75, 3.05) is 19.7 Å². The molecule has 1 atom stereocenters. The molecule has 0 spiro atoms. The minimum absolute atomic E-state index is 0.0489. The van der Waals surface area contributed by atoms with Gasteiger partial charge in [0.1, 0.15) is 5.82 Å². The number of urea groups is 1. The molecule has 0 saturated carbocycles. The summed E-state index contributed by atoms with van der Waals surface area (Å²) in [5.41, 5.74) is 8.53. The molecule has 1 aromatic rings. The smallest absolute Gasteiger partial charge is 0.317 e. The predicted molar refractivity (Wildman–Crippen MR) is 145 cm³/mol. The van der Waals surface area contributed by atoms with Gasteiger partial charge in [-0.2, -0.15) is 0 Å². The molecule has 38 heavy (non-hydrogen) atoms. The number of carbonyl (C=O) groups excluding carboxylic acids is 2. The van der Waals surface area contributed by atoms with Crippen LogP contribution in [-0.2, 0) is 13.0 Å². The molecule has 1 unspecified atom stereocenters. The van der Waals surface area contributed by atoms with Crippen LogP contribution in [0.15, 0.2) is 52.8 Å². The molecular formula is C27H38FN7O3. The van der Waals surface area contributed by atoms with Crippen LogP contribution in [0.25, 0.3) is 0 Å². The molecule has 3 rings (SSSR count). The topological polar surface area (TPSA) is 121 Å². The van der Waals surface area contributed by atoms with E-state index in [1.54, 1.807) is 29.0 Å². The van der Waals surface area contributed by atoms with Gasteiger partial charge in [0, 0.05) is 30.9 Å². The van der Waals surface area contributed by atoms with E-state index < -0.39 is 11.7 Å². The van der Waals surface area contributed by atoms with Crippen molar-refractivity contribution in [3.05, 3.63) is 70.2 Å². The van der Waals surface area contributed by atoms with Crippen molar-refractivity contribution < 1.29 is 19.1 Å². The molecule has 0 aromatic heterocycles. The average Bonchev–Trinajstić information content (AvgIpc) is 3.39. The van der Waals surface area contributed by atoms with Crippen molar-refractivity contribution in [3.8, 4) is 0 Å². The molecule has 0 aliphatic carbocycles. The van der Waals surface area contributed by atoms with Crippen LogP contribution in [0.1, 0.15) is 62.0 Å². The number of rotatable bonds is 10. The zero-order valence-corrected chi connectivity index (χ0v) is 22.5. The maximum Gasteiger partial charge on any atom is 0.317 e. The third-order valence-corrected chi connectivity index (χ3v) is 6.27. The largest absolute Gasteiger partial charge is 0.394 e. The van der Waals surface area contributed by atoms with Gasteiger partial charge in [-0.15, -0.1) is 10.6 Å². The zero-order chi connectivity index (χ0) is 27.7. The molecule has 10 nitrogen and oxygen atoms in total. The van der Waals surface area contributed by atoms with Crippen molar-refractivity contribution in [2.45, 2.75) is 59.5 Å². The standard InChI is InChI=1S/C27H38FN7O3/c1-5-7-10-20(25-31-32-33-35(25)19(4)17-36)11-8-9-18(3)30-26(37)23-14-22-16-34(27(38)29-6-2)13-12-21(22)15-24(23)28/h8-11,14-15,19,32-33,36H,5-7,12-13,16-17H2,1-4H3,(H,29,38)(H,30,37)/b11-8-,18-9+,20-10-. The highest BCUT2D eigenvalue weighted by molar-refractivity contribution is 6.01. The Bertz CT molecular complexity index is 1150. The number of aliphatic hydroxyl groups is 1. The van der Waals surface area contributed by atoms with Gasteiger partial charge in [-0.05, 0) is 62.9 Å². The van der Waals surface area contributed by atoms with Gasteiger partial charge in [-0.3, -0.25) is 9.80 Å². The fourth-order valence-electron chi connectivity index (χ4n) is 4.15. The van der Waals surface area contributed by atoms with E-state index in [-0.39, 0.29) is 24.2 Å². The molecule has 0 radical (unpaired) electrons. The van der Waals surface area contributed by atoms with Gasteiger partial charge in [0.05, 0.1) is 18.2 Å². The number of aliphatic hydroxyl groups excluding tert-OH is 1. The van der Waals surface area contributed by atoms with E-state index in [2.05, 4.69) is 39.8 Å². The number of halogens is 1. The van der Waals surface area contributed by atoms with Crippen LogP contribution in [0.2, 0.25) is 0 Å². The van der Waals surface area contributed by atoms with Crippen LogP contribution in [0.3, 0.4) is 0 Å². The summed E-state index contributed by atoms with van der Waals surface area (Å²) in [5, 5.41) is 21.1. The molecule has 2 aliphatic heterocycles. The number of hydrazone groups is 1. The minimum atomic E-state index is -0.585. The highest BCUT2D eigenvalue weighted by atomic mass is 19.1. The first-order valence-electron chi connectivity index (χ1n) is 13.0. The Kier molecular flexibility index (Phi) is 10.4. The number of carbonyl (C=O) groups is 2. The lowest BCUT2D eigenvalue weighted by Crippen LogP contribution is -2.48. The molecule has 206 valence electrons. The van der Waals surface area contributed by atoms with E-state index in [0.717, 1.165) is 29.5 Å². The Hall–Kier alpha value is -3.70. The quantitative estimate of drug-likeness (QED) is 0.299. The maximum absolute atomic E-state index is 14.8. The first-order valence-corrected chi connectivity index (χ1v) is 13.0. The monoisotopic (exact) mass is 527 g/mol. The van der Waals surface area contributed by atoms with Crippen LogP contribution in [0.5, 0.6) is 0 Å². The molecule has 5 N–H and O–H groups in total. The number of fused-ring (bicyclic) bond motifs is 1. The van der Waals surface area contributed by atoms with Gasteiger partial charge >= 0.3 is 6.03 Å². The lowest BCUT2D eigenvalue weighted by molar-refractivity contribution is 0.0961. The second kappa shape index (κ2) is 13.7. The van der Waals surface area contributed by atoms with Gasteiger partial charge in [-0.25, -0.2) is 14.7 Å². The molecule has 1 aromatic carbocycles. The van der Waals surface area contributed by atoms with E-state index in [4.69, 9.17) is 0 Å². The molecule has 0 fully saturated rings. The molecule has 0 bridgehead atoms. The third-order valence-electron chi connectivity index (χ3n) is 6.27. The number of amides is 3. The minimum Gasteiger partial charge on any atom is -0.394 e. The van der Waals surface area contributed by atoms with Crippen LogP contribution in [-0.4, -0.2) is 58.5 Å². The number of benzene rings is 1. The second-order valence-corrected chi connectivity index (χ2v) is 9.28. The van der Waals surface area contributed by atoms with Gasteiger partial charge in [-0.1, -0.05) is 31.6 Å². The molecule has 11 heteroatoms. The number of allylic oxidation sites excluding steroid dienone is 4. The summed E-state index contributed by atoms with van der Waals surface area (Å²) in [6.07, 6.45) is 9.76. The number of nitrogens with zero attached hydrogens (tertiary/aromatic N) is 3. The maximum atomic E-state index is 14.8. The van der Waals surface area contributed by atoms with Crippen molar-refractivity contribution in [3.63, 3.8) is 0 Å². The predicted octanol–water partition coefficient (Wildman–Crippen LogP) is 2.85. The Morgan fingerprint density at radius 2 is 2.08 bits per heavy atom. The molecule has 0 saturated heterocycles. The Morgan fingerprint density at radius 3 is 2.79 bits per heavy atom. The van der Waals surface area contributed by atoms with Crippen molar-refractivity contribution in [2.24, 2.45) is 5.10 Å². The normalized spacial score (nSPS) is 16.7. The first kappa shape index (κ1) is 28.9. The fourth-order valence-corrected chi connectivity index (χ4v) is 4.15.